The highest BCUT2D eigenvalue weighted by molar-refractivity contribution is 6.34. The zero-order valence-corrected chi connectivity index (χ0v) is 11.7. The Morgan fingerprint density at radius 3 is 2.00 bits per heavy atom. The molecule has 1 unspecified atom stereocenters. The van der Waals surface area contributed by atoms with Gasteiger partial charge in [-0.2, -0.15) is 0 Å². The van der Waals surface area contributed by atoms with Gasteiger partial charge in [0.2, 0.25) is 0 Å². The van der Waals surface area contributed by atoms with Crippen LogP contribution in [0.4, 0.5) is 0 Å². The van der Waals surface area contributed by atoms with Crippen LogP contribution in [0.2, 0.25) is 10.0 Å². The van der Waals surface area contributed by atoms with Crippen LogP contribution in [-0.2, 0) is 4.79 Å². The van der Waals surface area contributed by atoms with Crippen LogP contribution < -0.4 is 0 Å². The summed E-state index contributed by atoms with van der Waals surface area (Å²) in [6, 6.07) is 7.08. The summed E-state index contributed by atoms with van der Waals surface area (Å²) in [7, 11) is 3.72. The summed E-state index contributed by atoms with van der Waals surface area (Å²) in [6.07, 6.45) is 0. The number of aliphatic carboxylic acids is 1. The van der Waals surface area contributed by atoms with Crippen LogP contribution in [0.15, 0.2) is 24.3 Å². The van der Waals surface area contributed by atoms with Crippen molar-refractivity contribution < 1.29 is 9.90 Å². The molecule has 0 aliphatic rings. The number of rotatable bonds is 3. The summed E-state index contributed by atoms with van der Waals surface area (Å²) in [5.41, 5.74) is 0. The predicted octanol–water partition coefficient (Wildman–Crippen LogP) is 3.26. The second kappa shape index (κ2) is 8.34. The zero-order valence-electron chi connectivity index (χ0n) is 10.2. The van der Waals surface area contributed by atoms with Crippen LogP contribution in [0.25, 0.3) is 0 Å². The topological polar surface area (TPSA) is 40.5 Å². The molecule has 0 spiro atoms. The van der Waals surface area contributed by atoms with E-state index in [0.717, 1.165) is 0 Å². The van der Waals surface area contributed by atoms with Gasteiger partial charge < -0.3 is 10.0 Å². The van der Waals surface area contributed by atoms with E-state index < -0.39 is 5.97 Å². The Balaban J connectivity index is 0.000000302. The van der Waals surface area contributed by atoms with Crippen molar-refractivity contribution in [3.05, 3.63) is 34.3 Å². The third-order valence-electron chi connectivity index (χ3n) is 1.85. The molecule has 0 heterocycles. The summed E-state index contributed by atoms with van der Waals surface area (Å²) in [4.78, 5) is 12.1. The van der Waals surface area contributed by atoms with E-state index in [1.54, 1.807) is 25.1 Å². The summed E-state index contributed by atoms with van der Waals surface area (Å²) in [5.74, 6) is -0.997. The van der Waals surface area contributed by atoms with E-state index in [2.05, 4.69) is 0 Å². The largest absolute Gasteiger partial charge is 0.481 e. The van der Waals surface area contributed by atoms with Crippen LogP contribution in [-0.4, -0.2) is 36.6 Å². The number of nitrogens with zero attached hydrogens (tertiary/aromatic N) is 1. The Morgan fingerprint density at radius 1 is 1.35 bits per heavy atom. The maximum absolute atomic E-state index is 10.2. The van der Waals surface area contributed by atoms with Crippen LogP contribution >= 0.6 is 23.2 Å². The highest BCUT2D eigenvalue weighted by Crippen LogP contribution is 2.13. The molecule has 0 amide bonds. The number of benzene rings is 1. The molecule has 1 atom stereocenters. The molecule has 1 rings (SSSR count). The van der Waals surface area contributed by atoms with Crippen LogP contribution in [0.1, 0.15) is 6.92 Å². The van der Waals surface area contributed by atoms with Crippen LogP contribution in [0.3, 0.4) is 0 Å². The summed E-state index contributed by atoms with van der Waals surface area (Å²) in [5, 5.41) is 9.76. The Labute approximate surface area is 112 Å². The van der Waals surface area contributed by atoms with Crippen molar-refractivity contribution >= 4 is 29.2 Å². The minimum absolute atomic E-state index is 0.264. The number of hydrogen-bond acceptors (Lipinski definition) is 2. The van der Waals surface area contributed by atoms with Crippen molar-refractivity contribution in [3.8, 4) is 0 Å². The Bertz CT molecular complexity index is 339. The highest BCUT2D eigenvalue weighted by Gasteiger charge is 2.10. The molecule has 0 bridgehead atoms. The third-order valence-corrected chi connectivity index (χ3v) is 2.32. The van der Waals surface area contributed by atoms with Crippen molar-refractivity contribution in [2.45, 2.75) is 6.92 Å². The standard InChI is InChI=1S/C6H4Cl2.C6H13NO2/c7-5-2-1-3-6(8)4-5;1-5(6(8)9)4-7(2)3/h1-4H;5H,4H2,1-3H3,(H,8,9). The van der Waals surface area contributed by atoms with Crippen molar-refractivity contribution in [3.63, 3.8) is 0 Å². The molecule has 0 aliphatic carbocycles. The SMILES string of the molecule is CC(CN(C)C)C(=O)O.Clc1cccc(Cl)c1. The van der Waals surface area contributed by atoms with Gasteiger partial charge in [-0.3, -0.25) is 4.79 Å². The monoisotopic (exact) mass is 277 g/mol. The smallest absolute Gasteiger partial charge is 0.307 e. The Kier molecular flexibility index (Phi) is 7.96. The third kappa shape index (κ3) is 8.98. The second-order valence-corrected chi connectivity index (χ2v) is 4.81. The van der Waals surface area contributed by atoms with E-state index in [1.807, 2.05) is 25.1 Å². The molecule has 0 saturated heterocycles. The molecule has 3 nitrogen and oxygen atoms in total. The lowest BCUT2D eigenvalue weighted by Crippen LogP contribution is -2.25. The van der Waals surface area contributed by atoms with Gasteiger partial charge >= 0.3 is 5.97 Å². The molecule has 0 aromatic heterocycles. The fourth-order valence-electron chi connectivity index (χ4n) is 1.09. The average molecular weight is 278 g/mol. The molecular weight excluding hydrogens is 261 g/mol. The number of carbonyl (C=O) groups is 1. The molecule has 1 aromatic rings. The van der Waals surface area contributed by atoms with E-state index in [1.165, 1.54) is 0 Å². The Hall–Kier alpha value is -0.770. The number of halogens is 2. The summed E-state index contributed by atoms with van der Waals surface area (Å²) in [6.45, 7) is 2.30. The number of hydrogen-bond donors (Lipinski definition) is 1. The first-order valence-electron chi connectivity index (χ1n) is 5.11. The van der Waals surface area contributed by atoms with Gasteiger partial charge in [0.05, 0.1) is 5.92 Å². The van der Waals surface area contributed by atoms with Crippen molar-refractivity contribution in [1.82, 2.24) is 4.90 Å². The summed E-state index contributed by atoms with van der Waals surface area (Å²) < 4.78 is 0. The van der Waals surface area contributed by atoms with E-state index >= 15 is 0 Å². The number of carboxylic acid groups (broad SMARTS) is 1. The lowest BCUT2D eigenvalue weighted by atomic mass is 10.2. The summed E-state index contributed by atoms with van der Waals surface area (Å²) >= 11 is 11.1. The van der Waals surface area contributed by atoms with Crippen LogP contribution in [0.5, 0.6) is 0 Å². The molecule has 1 N–H and O–H groups in total. The maximum atomic E-state index is 10.2. The van der Waals surface area contributed by atoms with E-state index in [9.17, 15) is 4.79 Å². The molecule has 96 valence electrons. The molecule has 5 heteroatoms. The fraction of sp³-hybridized carbons (Fsp3) is 0.417. The molecule has 0 saturated carbocycles. The minimum Gasteiger partial charge on any atom is -0.481 e. The van der Waals surface area contributed by atoms with Gasteiger partial charge in [-0.05, 0) is 32.3 Å². The second-order valence-electron chi connectivity index (χ2n) is 3.94. The Morgan fingerprint density at radius 2 is 1.82 bits per heavy atom. The first-order valence-corrected chi connectivity index (χ1v) is 5.87. The number of carboxylic acids is 1. The molecule has 0 fully saturated rings. The highest BCUT2D eigenvalue weighted by atomic mass is 35.5. The van der Waals surface area contributed by atoms with Gasteiger partial charge in [0, 0.05) is 16.6 Å². The van der Waals surface area contributed by atoms with E-state index in [0.29, 0.717) is 16.6 Å². The van der Waals surface area contributed by atoms with Crippen molar-refractivity contribution in [1.29, 1.82) is 0 Å². The first-order chi connectivity index (χ1) is 7.82. The van der Waals surface area contributed by atoms with Gasteiger partial charge in [0.15, 0.2) is 0 Å². The van der Waals surface area contributed by atoms with Gasteiger partial charge in [0.25, 0.3) is 0 Å². The van der Waals surface area contributed by atoms with Crippen molar-refractivity contribution in [2.75, 3.05) is 20.6 Å². The molecule has 1 aromatic carbocycles. The molecule has 0 aliphatic heterocycles. The lowest BCUT2D eigenvalue weighted by molar-refractivity contribution is -0.141. The zero-order chi connectivity index (χ0) is 13.4. The van der Waals surface area contributed by atoms with Gasteiger partial charge in [-0.25, -0.2) is 0 Å². The first kappa shape index (κ1) is 16.2. The van der Waals surface area contributed by atoms with E-state index in [4.69, 9.17) is 28.3 Å². The maximum Gasteiger partial charge on any atom is 0.307 e. The molecule has 0 radical (unpaired) electrons. The fourth-order valence-corrected chi connectivity index (χ4v) is 1.52. The van der Waals surface area contributed by atoms with Gasteiger partial charge in [-0.15, -0.1) is 0 Å². The minimum atomic E-state index is -0.733. The predicted molar refractivity (Wildman–Crippen MR) is 71.8 cm³/mol. The van der Waals surface area contributed by atoms with Gasteiger partial charge in [0.1, 0.15) is 0 Å². The van der Waals surface area contributed by atoms with E-state index in [-0.39, 0.29) is 5.92 Å². The van der Waals surface area contributed by atoms with Crippen LogP contribution in [0, 0.1) is 5.92 Å². The lowest BCUT2D eigenvalue weighted by Gasteiger charge is -2.11. The molecular formula is C12H17Cl2NO2. The normalized spacial score (nSPS) is 11.6. The molecule has 17 heavy (non-hydrogen) atoms. The van der Waals surface area contributed by atoms with Crippen molar-refractivity contribution in [2.24, 2.45) is 5.92 Å². The van der Waals surface area contributed by atoms with Gasteiger partial charge in [-0.1, -0.05) is 36.2 Å². The average Bonchev–Trinajstić information content (AvgIpc) is 2.16. The quantitative estimate of drug-likeness (QED) is 0.922.